The molecule has 104 valence electrons. The zero-order valence-electron chi connectivity index (χ0n) is 11.0. The molecule has 0 amide bonds. The quantitative estimate of drug-likeness (QED) is 0.785. The summed E-state index contributed by atoms with van der Waals surface area (Å²) in [4.78, 5) is 14.1. The highest BCUT2D eigenvalue weighted by molar-refractivity contribution is 6.00. The van der Waals surface area contributed by atoms with Gasteiger partial charge >= 0.3 is 0 Å². The third-order valence-electron chi connectivity index (χ3n) is 3.67. The van der Waals surface area contributed by atoms with Crippen molar-refractivity contribution in [2.75, 3.05) is 20.3 Å². The minimum Gasteiger partial charge on any atom is -0.380 e. The van der Waals surface area contributed by atoms with Gasteiger partial charge < -0.3 is 4.74 Å². The van der Waals surface area contributed by atoms with Crippen LogP contribution in [-0.4, -0.2) is 43.0 Å². The second-order valence-electron chi connectivity index (χ2n) is 4.85. The largest absolute Gasteiger partial charge is 0.380 e. The van der Waals surface area contributed by atoms with Crippen molar-refractivity contribution in [2.45, 2.75) is 25.4 Å². The maximum absolute atomic E-state index is 13.6. The van der Waals surface area contributed by atoms with E-state index in [2.05, 4.69) is 0 Å². The van der Waals surface area contributed by atoms with Gasteiger partial charge in [-0.15, -0.1) is 0 Å². The van der Waals surface area contributed by atoms with E-state index in [1.165, 1.54) is 6.07 Å². The van der Waals surface area contributed by atoms with Gasteiger partial charge in [0.2, 0.25) is 0 Å². The molecule has 1 fully saturated rings. The van der Waals surface area contributed by atoms with E-state index in [0.717, 1.165) is 18.6 Å². The number of hydrogen-bond acceptors (Lipinski definition) is 3. The van der Waals surface area contributed by atoms with Crippen LogP contribution in [0.25, 0.3) is 0 Å². The lowest BCUT2D eigenvalue weighted by molar-refractivity contribution is 0.0791. The molecule has 3 nitrogen and oxygen atoms in total. The van der Waals surface area contributed by atoms with E-state index in [1.54, 1.807) is 6.92 Å². The number of halogens is 2. The predicted octanol–water partition coefficient (Wildman–Crippen LogP) is 2.26. The molecule has 1 saturated heterocycles. The van der Waals surface area contributed by atoms with Crippen LogP contribution in [0.1, 0.15) is 23.7 Å². The first-order valence-corrected chi connectivity index (χ1v) is 6.29. The Morgan fingerprint density at radius 1 is 1.47 bits per heavy atom. The maximum Gasteiger partial charge on any atom is 0.182 e. The van der Waals surface area contributed by atoms with Crippen LogP contribution in [0.15, 0.2) is 18.2 Å². The Labute approximate surface area is 111 Å². The van der Waals surface area contributed by atoms with Crippen LogP contribution < -0.4 is 0 Å². The van der Waals surface area contributed by atoms with Crippen LogP contribution in [0.3, 0.4) is 0 Å². The van der Waals surface area contributed by atoms with Gasteiger partial charge in [-0.1, -0.05) is 0 Å². The second-order valence-corrected chi connectivity index (χ2v) is 4.85. The zero-order valence-corrected chi connectivity index (χ0v) is 11.0. The summed E-state index contributed by atoms with van der Waals surface area (Å²) in [6, 6.07) is 2.73. The van der Waals surface area contributed by atoms with Crippen LogP contribution in [0.4, 0.5) is 8.78 Å². The first kappa shape index (κ1) is 14.1. The standard InChI is InChI=1S/C14H17F2NO2/c1-9(17(2)11-5-6-19-8-11)14(18)12-4-3-10(15)7-13(12)16/h3-4,7,9,11H,5-6,8H2,1-2H3. The molecule has 0 aliphatic carbocycles. The van der Waals surface area contributed by atoms with Crippen molar-refractivity contribution in [3.05, 3.63) is 35.4 Å². The summed E-state index contributed by atoms with van der Waals surface area (Å²) in [6.07, 6.45) is 0.861. The molecule has 0 radical (unpaired) electrons. The van der Waals surface area contributed by atoms with Gasteiger partial charge in [0.25, 0.3) is 0 Å². The Hall–Kier alpha value is -1.33. The molecule has 1 aliphatic heterocycles. The van der Waals surface area contributed by atoms with Crippen LogP contribution in [0, 0.1) is 11.6 Å². The summed E-state index contributed by atoms with van der Waals surface area (Å²) in [5.41, 5.74) is -0.0698. The molecule has 0 aromatic heterocycles. The Kier molecular flexibility index (Phi) is 4.27. The molecule has 5 heteroatoms. The zero-order chi connectivity index (χ0) is 14.0. The summed E-state index contributed by atoms with van der Waals surface area (Å²) in [5.74, 6) is -1.83. The molecule has 0 spiro atoms. The number of ketones is 1. The molecule has 1 heterocycles. The summed E-state index contributed by atoms with van der Waals surface area (Å²) in [7, 11) is 1.82. The first-order chi connectivity index (χ1) is 9.00. The minimum atomic E-state index is -0.812. The van der Waals surface area contributed by atoms with E-state index < -0.39 is 17.7 Å². The lowest BCUT2D eigenvalue weighted by atomic mass is 10.0. The number of hydrogen-bond donors (Lipinski definition) is 0. The van der Waals surface area contributed by atoms with Crippen LogP contribution in [0.2, 0.25) is 0 Å². The Balaban J connectivity index is 2.13. The van der Waals surface area contributed by atoms with Gasteiger partial charge in [0.15, 0.2) is 5.78 Å². The summed E-state index contributed by atoms with van der Waals surface area (Å²) >= 11 is 0. The molecule has 1 aromatic carbocycles. The van der Waals surface area contributed by atoms with E-state index in [9.17, 15) is 13.6 Å². The molecule has 2 rings (SSSR count). The molecule has 2 unspecified atom stereocenters. The van der Waals surface area contributed by atoms with E-state index in [4.69, 9.17) is 4.74 Å². The SMILES string of the molecule is CC(C(=O)c1ccc(F)cc1F)N(C)C1CCOC1. The van der Waals surface area contributed by atoms with E-state index in [-0.39, 0.29) is 17.4 Å². The van der Waals surface area contributed by atoms with Gasteiger partial charge in [0.1, 0.15) is 11.6 Å². The summed E-state index contributed by atoms with van der Waals surface area (Å²) in [5, 5.41) is 0. The van der Waals surface area contributed by atoms with E-state index >= 15 is 0 Å². The van der Waals surface area contributed by atoms with Gasteiger partial charge in [-0.05, 0) is 32.5 Å². The average molecular weight is 269 g/mol. The summed E-state index contributed by atoms with van der Waals surface area (Å²) < 4.78 is 31.7. The number of nitrogens with zero attached hydrogens (tertiary/aromatic N) is 1. The Bertz CT molecular complexity index is 473. The number of carbonyl (C=O) groups is 1. The molecular weight excluding hydrogens is 252 g/mol. The number of rotatable bonds is 4. The van der Waals surface area contributed by atoms with Gasteiger partial charge in [-0.3, -0.25) is 9.69 Å². The monoisotopic (exact) mass is 269 g/mol. The molecule has 0 saturated carbocycles. The van der Waals surface area contributed by atoms with Crippen molar-refractivity contribution in [1.29, 1.82) is 0 Å². The molecule has 0 bridgehead atoms. The highest BCUT2D eigenvalue weighted by Gasteiger charge is 2.29. The normalized spacial score (nSPS) is 20.8. The third-order valence-corrected chi connectivity index (χ3v) is 3.67. The highest BCUT2D eigenvalue weighted by atomic mass is 19.1. The number of ether oxygens (including phenoxy) is 1. The molecule has 2 atom stereocenters. The van der Waals surface area contributed by atoms with Crippen molar-refractivity contribution >= 4 is 5.78 Å². The lowest BCUT2D eigenvalue weighted by Crippen LogP contribution is -2.43. The van der Waals surface area contributed by atoms with Gasteiger partial charge in [0, 0.05) is 18.7 Å². The number of carbonyl (C=O) groups excluding carboxylic acids is 1. The van der Waals surface area contributed by atoms with Crippen molar-refractivity contribution in [3.8, 4) is 0 Å². The van der Waals surface area contributed by atoms with Crippen molar-refractivity contribution in [2.24, 2.45) is 0 Å². The van der Waals surface area contributed by atoms with Crippen molar-refractivity contribution in [1.82, 2.24) is 4.90 Å². The van der Waals surface area contributed by atoms with Crippen LogP contribution in [-0.2, 0) is 4.74 Å². The van der Waals surface area contributed by atoms with Crippen LogP contribution in [0.5, 0.6) is 0 Å². The van der Waals surface area contributed by atoms with E-state index in [1.807, 2.05) is 11.9 Å². The minimum absolute atomic E-state index is 0.0698. The first-order valence-electron chi connectivity index (χ1n) is 6.29. The van der Waals surface area contributed by atoms with Gasteiger partial charge in [-0.25, -0.2) is 8.78 Å². The molecular formula is C14H17F2NO2. The predicted molar refractivity (Wildman–Crippen MR) is 67.1 cm³/mol. The molecule has 0 N–H and O–H groups in total. The number of likely N-dealkylation sites (N-methyl/N-ethyl adjacent to an activating group) is 1. The second kappa shape index (κ2) is 5.75. The molecule has 1 aromatic rings. The smallest absolute Gasteiger partial charge is 0.182 e. The molecule has 1 aliphatic rings. The fourth-order valence-electron chi connectivity index (χ4n) is 2.26. The van der Waals surface area contributed by atoms with Gasteiger partial charge in [-0.2, -0.15) is 0 Å². The summed E-state index contributed by atoms with van der Waals surface area (Å²) in [6.45, 7) is 2.99. The average Bonchev–Trinajstić information content (AvgIpc) is 2.90. The maximum atomic E-state index is 13.6. The Morgan fingerprint density at radius 2 is 2.21 bits per heavy atom. The number of Topliss-reactive ketones (excluding diaryl/α,β-unsaturated/α-hetero) is 1. The fraction of sp³-hybridized carbons (Fsp3) is 0.500. The molecule has 19 heavy (non-hydrogen) atoms. The Morgan fingerprint density at radius 3 is 2.79 bits per heavy atom. The third kappa shape index (κ3) is 2.98. The van der Waals surface area contributed by atoms with Gasteiger partial charge in [0.05, 0.1) is 18.2 Å². The van der Waals surface area contributed by atoms with E-state index in [0.29, 0.717) is 13.2 Å². The van der Waals surface area contributed by atoms with Crippen molar-refractivity contribution in [3.63, 3.8) is 0 Å². The fourth-order valence-corrected chi connectivity index (χ4v) is 2.26. The number of benzene rings is 1. The lowest BCUT2D eigenvalue weighted by Gasteiger charge is -2.28. The van der Waals surface area contributed by atoms with Crippen LogP contribution >= 0.6 is 0 Å². The highest BCUT2D eigenvalue weighted by Crippen LogP contribution is 2.18. The van der Waals surface area contributed by atoms with Crippen molar-refractivity contribution < 1.29 is 18.3 Å². The topological polar surface area (TPSA) is 29.5 Å².